The molecule has 0 fully saturated rings. The average molecular weight is 430 g/mol. The quantitative estimate of drug-likeness (QED) is 0.262. The van der Waals surface area contributed by atoms with Gasteiger partial charge in [0, 0.05) is 29.1 Å². The average Bonchev–Trinajstić information content (AvgIpc) is 2.66. The van der Waals surface area contributed by atoms with Gasteiger partial charge in [-0.1, -0.05) is 28.8 Å². The predicted molar refractivity (Wildman–Crippen MR) is 112 cm³/mol. The SMILES string of the molecule is Cc1cc(Br)ccc1OCCCCCCN/C(=N\C#N)Nc1ccncc1. The van der Waals surface area contributed by atoms with Gasteiger partial charge in [0.2, 0.25) is 12.2 Å². The Morgan fingerprint density at radius 3 is 2.70 bits per heavy atom. The Morgan fingerprint density at radius 2 is 1.96 bits per heavy atom. The van der Waals surface area contributed by atoms with Crippen LogP contribution in [0.15, 0.2) is 52.2 Å². The summed E-state index contributed by atoms with van der Waals surface area (Å²) in [5.41, 5.74) is 1.98. The van der Waals surface area contributed by atoms with E-state index in [4.69, 9.17) is 10.00 Å². The Kier molecular flexibility index (Phi) is 9.14. The molecule has 0 aliphatic heterocycles. The van der Waals surface area contributed by atoms with Crippen LogP contribution in [0.3, 0.4) is 0 Å². The molecule has 0 bridgehead atoms. The largest absolute Gasteiger partial charge is 0.493 e. The number of aryl methyl sites for hydroxylation is 1. The molecule has 2 N–H and O–H groups in total. The summed E-state index contributed by atoms with van der Waals surface area (Å²) in [7, 11) is 0. The highest BCUT2D eigenvalue weighted by molar-refractivity contribution is 9.10. The molecule has 0 atom stereocenters. The standard InChI is InChI=1S/C20H24BrN5O/c1-16-14-17(21)6-7-19(16)27-13-5-3-2-4-10-24-20(25-15-22)26-18-8-11-23-12-9-18/h6-9,11-12,14H,2-5,10,13H2,1H3,(H2,23,24,25,26). The fourth-order valence-electron chi connectivity index (χ4n) is 2.48. The van der Waals surface area contributed by atoms with Crippen LogP contribution in [0.4, 0.5) is 5.69 Å². The van der Waals surface area contributed by atoms with Crippen LogP contribution in [0, 0.1) is 18.4 Å². The Labute approximate surface area is 168 Å². The minimum Gasteiger partial charge on any atom is -0.493 e. The number of nitriles is 1. The second-order valence-corrected chi connectivity index (χ2v) is 6.94. The van der Waals surface area contributed by atoms with Crippen molar-refractivity contribution < 1.29 is 4.74 Å². The zero-order valence-corrected chi connectivity index (χ0v) is 17.0. The van der Waals surface area contributed by atoms with Crippen LogP contribution in [0.2, 0.25) is 0 Å². The number of aromatic nitrogens is 1. The normalized spacial score (nSPS) is 10.9. The highest BCUT2D eigenvalue weighted by Crippen LogP contribution is 2.22. The number of nitrogens with zero attached hydrogens (tertiary/aromatic N) is 3. The first-order chi connectivity index (χ1) is 13.2. The molecule has 0 amide bonds. The number of guanidine groups is 1. The third kappa shape index (κ3) is 8.09. The molecule has 7 heteroatoms. The van der Waals surface area contributed by atoms with E-state index >= 15 is 0 Å². The van der Waals surface area contributed by atoms with Gasteiger partial charge in [-0.2, -0.15) is 5.26 Å². The molecular formula is C20H24BrN5O. The lowest BCUT2D eigenvalue weighted by Crippen LogP contribution is -2.31. The molecule has 27 heavy (non-hydrogen) atoms. The maximum absolute atomic E-state index is 8.80. The number of nitrogens with one attached hydrogen (secondary N) is 2. The summed E-state index contributed by atoms with van der Waals surface area (Å²) in [6.45, 7) is 3.53. The van der Waals surface area contributed by atoms with Crippen LogP contribution in [0.1, 0.15) is 31.2 Å². The van der Waals surface area contributed by atoms with Gasteiger partial charge < -0.3 is 15.4 Å². The van der Waals surface area contributed by atoms with Crippen LogP contribution in [0.25, 0.3) is 0 Å². The maximum Gasteiger partial charge on any atom is 0.211 e. The van der Waals surface area contributed by atoms with Gasteiger partial charge in [-0.05, 0) is 55.7 Å². The molecule has 1 aromatic heterocycles. The first-order valence-corrected chi connectivity index (χ1v) is 9.75. The summed E-state index contributed by atoms with van der Waals surface area (Å²) in [6.07, 6.45) is 9.38. The van der Waals surface area contributed by atoms with E-state index in [0.29, 0.717) is 5.96 Å². The van der Waals surface area contributed by atoms with Crippen molar-refractivity contribution in [1.82, 2.24) is 10.3 Å². The number of ether oxygens (including phenoxy) is 1. The summed E-state index contributed by atoms with van der Waals surface area (Å²) >= 11 is 3.46. The zero-order chi connectivity index (χ0) is 19.3. The monoisotopic (exact) mass is 429 g/mol. The van der Waals surface area contributed by atoms with Crippen LogP contribution in [-0.4, -0.2) is 24.1 Å². The molecule has 2 aromatic rings. The molecule has 6 nitrogen and oxygen atoms in total. The predicted octanol–water partition coefficient (Wildman–Crippen LogP) is 4.63. The Balaban J connectivity index is 1.58. The van der Waals surface area contributed by atoms with Gasteiger partial charge in [-0.3, -0.25) is 4.98 Å². The Hall–Kier alpha value is -2.59. The van der Waals surface area contributed by atoms with Crippen molar-refractivity contribution in [3.05, 3.63) is 52.8 Å². The summed E-state index contributed by atoms with van der Waals surface area (Å²) < 4.78 is 6.90. The highest BCUT2D eigenvalue weighted by Gasteiger charge is 2.01. The Bertz CT molecular complexity index is 774. The first-order valence-electron chi connectivity index (χ1n) is 8.95. The number of pyridine rings is 1. The number of hydrogen-bond acceptors (Lipinski definition) is 4. The lowest BCUT2D eigenvalue weighted by atomic mass is 10.2. The van der Waals surface area contributed by atoms with Gasteiger partial charge in [-0.25, -0.2) is 0 Å². The molecule has 0 aliphatic rings. The van der Waals surface area contributed by atoms with Crippen molar-refractivity contribution in [3.63, 3.8) is 0 Å². The molecule has 1 heterocycles. The molecule has 0 saturated heterocycles. The van der Waals surface area contributed by atoms with Gasteiger partial charge in [0.25, 0.3) is 0 Å². The number of unbranched alkanes of at least 4 members (excludes halogenated alkanes) is 3. The van der Waals surface area contributed by atoms with E-state index in [2.05, 4.69) is 42.6 Å². The maximum atomic E-state index is 8.80. The molecule has 0 aliphatic carbocycles. The van der Waals surface area contributed by atoms with Crippen molar-refractivity contribution in [2.24, 2.45) is 4.99 Å². The number of benzene rings is 1. The van der Waals surface area contributed by atoms with Crippen molar-refractivity contribution in [3.8, 4) is 11.9 Å². The van der Waals surface area contributed by atoms with Crippen molar-refractivity contribution in [1.29, 1.82) is 5.26 Å². The van der Waals surface area contributed by atoms with E-state index in [-0.39, 0.29) is 0 Å². The summed E-state index contributed by atoms with van der Waals surface area (Å²) in [5.74, 6) is 1.40. The van der Waals surface area contributed by atoms with Crippen LogP contribution in [-0.2, 0) is 0 Å². The van der Waals surface area contributed by atoms with Crippen LogP contribution < -0.4 is 15.4 Å². The lowest BCUT2D eigenvalue weighted by Gasteiger charge is -2.11. The number of anilines is 1. The molecule has 0 unspecified atom stereocenters. The fourth-order valence-corrected chi connectivity index (χ4v) is 2.95. The van der Waals surface area contributed by atoms with Crippen molar-refractivity contribution >= 4 is 27.6 Å². The van der Waals surface area contributed by atoms with Gasteiger partial charge >= 0.3 is 0 Å². The molecular weight excluding hydrogens is 406 g/mol. The number of hydrogen-bond donors (Lipinski definition) is 2. The molecule has 0 radical (unpaired) electrons. The topological polar surface area (TPSA) is 82.3 Å². The number of aliphatic imine (C=N–C) groups is 1. The highest BCUT2D eigenvalue weighted by atomic mass is 79.9. The molecule has 0 saturated carbocycles. The van der Waals surface area contributed by atoms with Gasteiger partial charge in [0.05, 0.1) is 6.61 Å². The lowest BCUT2D eigenvalue weighted by molar-refractivity contribution is 0.302. The smallest absolute Gasteiger partial charge is 0.211 e. The third-order valence-corrected chi connectivity index (χ3v) is 4.36. The second kappa shape index (κ2) is 11.9. The molecule has 142 valence electrons. The fraction of sp³-hybridized carbons (Fsp3) is 0.350. The van der Waals surface area contributed by atoms with E-state index in [1.54, 1.807) is 12.4 Å². The zero-order valence-electron chi connectivity index (χ0n) is 15.4. The van der Waals surface area contributed by atoms with Gasteiger partial charge in [-0.15, -0.1) is 4.99 Å². The number of rotatable bonds is 9. The first kappa shape index (κ1) is 20.7. The number of halogens is 1. The van der Waals surface area contributed by atoms with Crippen molar-refractivity contribution in [2.75, 3.05) is 18.5 Å². The second-order valence-electron chi connectivity index (χ2n) is 6.02. The summed E-state index contributed by atoms with van der Waals surface area (Å²) in [4.78, 5) is 7.73. The molecule has 2 rings (SSSR count). The minimum atomic E-state index is 0.456. The summed E-state index contributed by atoms with van der Waals surface area (Å²) in [5, 5.41) is 15.0. The van der Waals surface area contributed by atoms with Crippen LogP contribution >= 0.6 is 15.9 Å². The van der Waals surface area contributed by atoms with E-state index in [1.165, 1.54) is 0 Å². The molecule has 0 spiro atoms. The van der Waals surface area contributed by atoms with E-state index in [0.717, 1.165) is 60.3 Å². The van der Waals surface area contributed by atoms with E-state index < -0.39 is 0 Å². The van der Waals surface area contributed by atoms with Gasteiger partial charge in [0.1, 0.15) is 5.75 Å². The summed E-state index contributed by atoms with van der Waals surface area (Å²) in [6, 6.07) is 9.69. The van der Waals surface area contributed by atoms with Crippen molar-refractivity contribution in [2.45, 2.75) is 32.6 Å². The third-order valence-electron chi connectivity index (χ3n) is 3.86. The van der Waals surface area contributed by atoms with Gasteiger partial charge in [0.15, 0.2) is 0 Å². The van der Waals surface area contributed by atoms with E-state index in [1.807, 2.05) is 37.4 Å². The molecule has 1 aromatic carbocycles. The Morgan fingerprint density at radius 1 is 1.19 bits per heavy atom. The minimum absolute atomic E-state index is 0.456. The van der Waals surface area contributed by atoms with Crippen LogP contribution in [0.5, 0.6) is 5.75 Å². The van der Waals surface area contributed by atoms with E-state index in [9.17, 15) is 0 Å².